The molecule has 2 aliphatic carbocycles. The predicted octanol–water partition coefficient (Wildman–Crippen LogP) is 0.743. The summed E-state index contributed by atoms with van der Waals surface area (Å²) in [6, 6.07) is 3.95. The lowest BCUT2D eigenvalue weighted by molar-refractivity contribution is -0.323. The average Bonchev–Trinajstić information content (AvgIpc) is 2.89. The number of benzene rings is 2. The van der Waals surface area contributed by atoms with Crippen molar-refractivity contribution in [1.82, 2.24) is 0 Å². The summed E-state index contributed by atoms with van der Waals surface area (Å²) in [4.78, 5) is 27.2. The van der Waals surface area contributed by atoms with Gasteiger partial charge in [0.2, 0.25) is 5.78 Å². The number of carbonyl (C=O) groups is 2. The van der Waals surface area contributed by atoms with Crippen molar-refractivity contribution in [3.63, 3.8) is 0 Å². The molecular weight excluding hydrogens is 528 g/mol. The first kappa shape index (κ1) is 28.4. The van der Waals surface area contributed by atoms with E-state index in [1.165, 1.54) is 53.4 Å². The standard InChI is InChI=1S/C28H32O12/c1-10-19(30)23(34)25(37-4)27(39-10)40-24-16-11(9-28(2,35)26(24)38-5)6-13-18(21(16)32)22(33)17-14(20(13)31)7-12(36-3)8-15(17)29/h6-8,10,19,23-27,29-30,32,34-35H,9H2,1-5H3/t10-,19-,23-,24+,25-,26+,27-,28+/m0/s1. The zero-order valence-corrected chi connectivity index (χ0v) is 22.6. The van der Waals surface area contributed by atoms with Crippen LogP contribution in [0.5, 0.6) is 17.2 Å². The minimum Gasteiger partial charge on any atom is -0.507 e. The average molecular weight is 561 g/mol. The molecule has 8 atom stereocenters. The van der Waals surface area contributed by atoms with Crippen LogP contribution in [-0.4, -0.2) is 101 Å². The normalized spacial score (nSPS) is 33.2. The Kier molecular flexibility index (Phi) is 7.16. The lowest BCUT2D eigenvalue weighted by Gasteiger charge is -2.47. The second-order valence-corrected chi connectivity index (χ2v) is 10.6. The first-order chi connectivity index (χ1) is 18.9. The molecule has 1 saturated heterocycles. The molecule has 216 valence electrons. The van der Waals surface area contributed by atoms with Crippen LogP contribution in [0.25, 0.3) is 0 Å². The number of hydrogen-bond acceptors (Lipinski definition) is 12. The second kappa shape index (κ2) is 10.1. The van der Waals surface area contributed by atoms with Crippen molar-refractivity contribution < 1.29 is 58.8 Å². The van der Waals surface area contributed by atoms with Crippen molar-refractivity contribution in [3.8, 4) is 17.2 Å². The highest BCUT2D eigenvalue weighted by Crippen LogP contribution is 2.49. The van der Waals surface area contributed by atoms with Gasteiger partial charge in [-0.25, -0.2) is 0 Å². The molecule has 12 nitrogen and oxygen atoms in total. The van der Waals surface area contributed by atoms with E-state index in [2.05, 4.69) is 0 Å². The minimum absolute atomic E-state index is 0.0708. The van der Waals surface area contributed by atoms with Gasteiger partial charge in [0.1, 0.15) is 47.8 Å². The summed E-state index contributed by atoms with van der Waals surface area (Å²) in [5, 5.41) is 54.4. The Hall–Kier alpha value is -3.10. The number of aliphatic hydroxyl groups is 3. The number of phenols is 2. The molecule has 5 N–H and O–H groups in total. The predicted molar refractivity (Wildman–Crippen MR) is 136 cm³/mol. The summed E-state index contributed by atoms with van der Waals surface area (Å²) < 4.78 is 28.1. The Labute approximate surface area is 229 Å². The molecule has 2 aromatic rings. The van der Waals surface area contributed by atoms with Gasteiger partial charge in [0, 0.05) is 43.4 Å². The van der Waals surface area contributed by atoms with E-state index in [4.69, 9.17) is 23.7 Å². The summed E-state index contributed by atoms with van der Waals surface area (Å²) in [5.41, 5.74) is -2.00. The number of aromatic hydroxyl groups is 2. The highest BCUT2D eigenvalue weighted by atomic mass is 16.7. The van der Waals surface area contributed by atoms with Crippen molar-refractivity contribution in [2.24, 2.45) is 0 Å². The van der Waals surface area contributed by atoms with Crippen molar-refractivity contribution in [1.29, 1.82) is 0 Å². The molecule has 1 heterocycles. The van der Waals surface area contributed by atoms with Gasteiger partial charge in [0.05, 0.1) is 29.9 Å². The van der Waals surface area contributed by atoms with E-state index in [-0.39, 0.29) is 40.0 Å². The van der Waals surface area contributed by atoms with Crippen molar-refractivity contribution in [2.75, 3.05) is 21.3 Å². The molecule has 1 fully saturated rings. The molecule has 40 heavy (non-hydrogen) atoms. The van der Waals surface area contributed by atoms with Gasteiger partial charge in [0.15, 0.2) is 12.1 Å². The van der Waals surface area contributed by atoms with E-state index in [1.807, 2.05) is 0 Å². The molecule has 0 spiro atoms. The number of rotatable bonds is 5. The van der Waals surface area contributed by atoms with Crippen LogP contribution in [0, 0.1) is 0 Å². The summed E-state index contributed by atoms with van der Waals surface area (Å²) in [6.07, 6.45) is -8.39. The highest BCUT2D eigenvalue weighted by Gasteiger charge is 2.52. The summed E-state index contributed by atoms with van der Waals surface area (Å²) in [7, 11) is 3.99. The van der Waals surface area contributed by atoms with E-state index < -0.39 is 71.6 Å². The smallest absolute Gasteiger partial charge is 0.201 e. The van der Waals surface area contributed by atoms with Gasteiger partial charge in [0.25, 0.3) is 0 Å². The topological polar surface area (TPSA) is 181 Å². The Morgan fingerprint density at radius 3 is 2.25 bits per heavy atom. The molecule has 0 radical (unpaired) electrons. The van der Waals surface area contributed by atoms with Gasteiger partial charge in [-0.2, -0.15) is 0 Å². The van der Waals surface area contributed by atoms with E-state index in [0.29, 0.717) is 5.56 Å². The van der Waals surface area contributed by atoms with Crippen LogP contribution >= 0.6 is 0 Å². The molecule has 5 rings (SSSR count). The Morgan fingerprint density at radius 1 is 0.950 bits per heavy atom. The number of ether oxygens (including phenoxy) is 5. The lowest BCUT2D eigenvalue weighted by Crippen LogP contribution is -2.59. The van der Waals surface area contributed by atoms with E-state index in [1.54, 1.807) is 0 Å². The second-order valence-electron chi connectivity index (χ2n) is 10.6. The Balaban J connectivity index is 1.67. The van der Waals surface area contributed by atoms with Crippen LogP contribution in [0.15, 0.2) is 18.2 Å². The van der Waals surface area contributed by atoms with Crippen LogP contribution in [0.4, 0.5) is 0 Å². The van der Waals surface area contributed by atoms with Gasteiger partial charge in [-0.1, -0.05) is 0 Å². The lowest BCUT2D eigenvalue weighted by atomic mass is 9.73. The van der Waals surface area contributed by atoms with Crippen molar-refractivity contribution >= 4 is 11.6 Å². The number of fused-ring (bicyclic) bond motifs is 3. The fourth-order valence-electron chi connectivity index (χ4n) is 6.01. The fourth-order valence-corrected chi connectivity index (χ4v) is 6.01. The number of phenolic OH excluding ortho intramolecular Hbond substituents is 2. The van der Waals surface area contributed by atoms with Gasteiger partial charge < -0.3 is 49.2 Å². The van der Waals surface area contributed by atoms with E-state index in [9.17, 15) is 35.1 Å². The maximum atomic E-state index is 13.6. The fraction of sp³-hybridized carbons (Fsp3) is 0.500. The molecule has 0 amide bonds. The third-order valence-corrected chi connectivity index (χ3v) is 8.01. The quantitative estimate of drug-likeness (QED) is 0.296. The maximum absolute atomic E-state index is 13.6. The van der Waals surface area contributed by atoms with Gasteiger partial charge in [-0.15, -0.1) is 0 Å². The molecule has 0 unspecified atom stereocenters. The molecule has 2 aromatic carbocycles. The molecule has 3 aliphatic rings. The first-order valence-corrected chi connectivity index (χ1v) is 12.7. The molecule has 12 heteroatoms. The largest absolute Gasteiger partial charge is 0.507 e. The summed E-state index contributed by atoms with van der Waals surface area (Å²) >= 11 is 0. The third kappa shape index (κ3) is 4.18. The molecule has 1 aliphatic heterocycles. The zero-order chi connectivity index (χ0) is 29.3. The number of aliphatic hydroxyl groups excluding tert-OH is 2. The number of hydrogen-bond donors (Lipinski definition) is 5. The number of ketones is 2. The molecule has 0 aromatic heterocycles. The van der Waals surface area contributed by atoms with Crippen molar-refractivity contribution in [3.05, 3.63) is 51.6 Å². The van der Waals surface area contributed by atoms with Crippen LogP contribution in [0.1, 0.15) is 62.9 Å². The van der Waals surface area contributed by atoms with Crippen LogP contribution in [0.3, 0.4) is 0 Å². The van der Waals surface area contributed by atoms with E-state index in [0.717, 1.165) is 0 Å². The van der Waals surface area contributed by atoms with Crippen molar-refractivity contribution in [2.45, 2.75) is 68.8 Å². The zero-order valence-electron chi connectivity index (χ0n) is 22.6. The Bertz CT molecular complexity index is 1370. The third-order valence-electron chi connectivity index (χ3n) is 8.01. The Morgan fingerprint density at radius 2 is 1.62 bits per heavy atom. The SMILES string of the molecule is COc1cc(O)c2c(c1)C(=O)c1cc3c(c(O)c1C2=O)[C@@H](O[C@@H]1O[C@@H](C)[C@H](O)[C@H](O)[C@@H]1OC)[C@@H](OC)[C@](C)(O)C3. The highest BCUT2D eigenvalue weighted by molar-refractivity contribution is 6.30. The number of methoxy groups -OCH3 is 3. The van der Waals surface area contributed by atoms with Gasteiger partial charge >= 0.3 is 0 Å². The van der Waals surface area contributed by atoms with Gasteiger partial charge in [-0.3, -0.25) is 9.59 Å². The molecule has 0 saturated carbocycles. The minimum atomic E-state index is -1.57. The van der Waals surface area contributed by atoms with Crippen LogP contribution in [0.2, 0.25) is 0 Å². The van der Waals surface area contributed by atoms with Crippen LogP contribution < -0.4 is 4.74 Å². The first-order valence-electron chi connectivity index (χ1n) is 12.7. The van der Waals surface area contributed by atoms with E-state index >= 15 is 0 Å². The summed E-state index contributed by atoms with van der Waals surface area (Å²) in [5.74, 6) is -2.30. The van der Waals surface area contributed by atoms with Crippen LogP contribution in [-0.2, 0) is 25.4 Å². The molecular formula is C28H32O12. The maximum Gasteiger partial charge on any atom is 0.201 e. The molecule has 0 bridgehead atoms. The number of carbonyl (C=O) groups excluding carboxylic acids is 2. The summed E-state index contributed by atoms with van der Waals surface area (Å²) in [6.45, 7) is 3.03. The monoisotopic (exact) mass is 560 g/mol. The van der Waals surface area contributed by atoms with Gasteiger partial charge in [-0.05, 0) is 31.5 Å².